The number of anilines is 3. The molecule has 0 atom stereocenters. The Hall–Kier alpha value is -3.21. The van der Waals surface area contributed by atoms with Crippen molar-refractivity contribution in [2.45, 2.75) is 0 Å². The molecule has 0 aliphatic carbocycles. The minimum Gasteiger partial charge on any atom is -0.356 e. The fourth-order valence-corrected chi connectivity index (χ4v) is 2.17. The molecule has 3 aromatic rings. The van der Waals surface area contributed by atoms with E-state index in [2.05, 4.69) is 10.6 Å². The molecule has 0 aliphatic rings. The molecule has 0 saturated carbocycles. The molecule has 5 heteroatoms. The van der Waals surface area contributed by atoms with Gasteiger partial charge in [-0.15, -0.1) is 0 Å². The fourth-order valence-electron chi connectivity index (χ4n) is 2.17. The lowest BCUT2D eigenvalue weighted by Crippen LogP contribution is -2.12. The molecule has 2 N–H and O–H groups in total. The molecule has 0 heterocycles. The van der Waals surface area contributed by atoms with Crippen molar-refractivity contribution in [3.8, 4) is 0 Å². The van der Waals surface area contributed by atoms with Crippen LogP contribution in [0.5, 0.6) is 0 Å². The molecule has 0 aliphatic heterocycles. The van der Waals surface area contributed by atoms with Crippen molar-refractivity contribution in [3.05, 3.63) is 90.0 Å². The number of halogens is 2. The lowest BCUT2D eigenvalue weighted by Gasteiger charge is -2.09. The van der Waals surface area contributed by atoms with Crippen LogP contribution in [0, 0.1) is 11.6 Å². The molecular formula is C19H14F2N2O. The molecule has 3 rings (SSSR count). The minimum absolute atomic E-state index is 0.0559. The Morgan fingerprint density at radius 1 is 0.708 bits per heavy atom. The van der Waals surface area contributed by atoms with Crippen LogP contribution in [0.4, 0.5) is 25.8 Å². The first-order valence-electron chi connectivity index (χ1n) is 7.30. The van der Waals surface area contributed by atoms with Gasteiger partial charge in [-0.05, 0) is 54.6 Å². The van der Waals surface area contributed by atoms with Crippen LogP contribution in [-0.2, 0) is 0 Å². The highest BCUT2D eigenvalue weighted by Gasteiger charge is 2.10. The second kappa shape index (κ2) is 6.91. The Labute approximate surface area is 138 Å². The normalized spacial score (nSPS) is 10.2. The highest BCUT2D eigenvalue weighted by atomic mass is 19.2. The van der Waals surface area contributed by atoms with Crippen molar-refractivity contribution >= 4 is 23.0 Å². The maximum Gasteiger partial charge on any atom is 0.255 e. The van der Waals surface area contributed by atoms with Gasteiger partial charge in [-0.25, -0.2) is 8.78 Å². The van der Waals surface area contributed by atoms with Gasteiger partial charge in [-0.3, -0.25) is 4.79 Å². The molecule has 24 heavy (non-hydrogen) atoms. The largest absolute Gasteiger partial charge is 0.356 e. The van der Waals surface area contributed by atoms with Crippen LogP contribution in [0.1, 0.15) is 10.4 Å². The fraction of sp³-hybridized carbons (Fsp3) is 0. The van der Waals surface area contributed by atoms with Crippen LogP contribution in [0.25, 0.3) is 0 Å². The summed E-state index contributed by atoms with van der Waals surface area (Å²) in [4.78, 5) is 12.0. The van der Waals surface area contributed by atoms with Crippen LogP contribution in [0.15, 0.2) is 72.8 Å². The number of carbonyl (C=O) groups is 1. The van der Waals surface area contributed by atoms with Crippen LogP contribution in [-0.4, -0.2) is 5.91 Å². The summed E-state index contributed by atoms with van der Waals surface area (Å²) in [6.07, 6.45) is 0. The van der Waals surface area contributed by atoms with Gasteiger partial charge >= 0.3 is 0 Å². The molecule has 0 unspecified atom stereocenters. The van der Waals surface area contributed by atoms with E-state index >= 15 is 0 Å². The SMILES string of the molecule is O=C(Nc1ccc(Nc2ccccc2)cc1)c1ccc(F)c(F)c1. The quantitative estimate of drug-likeness (QED) is 0.712. The number of hydrogen-bond acceptors (Lipinski definition) is 2. The summed E-state index contributed by atoms with van der Waals surface area (Å²) in [5.74, 6) is -2.54. The topological polar surface area (TPSA) is 41.1 Å². The van der Waals surface area contributed by atoms with E-state index < -0.39 is 17.5 Å². The molecule has 0 radical (unpaired) electrons. The monoisotopic (exact) mass is 324 g/mol. The number of para-hydroxylation sites is 1. The smallest absolute Gasteiger partial charge is 0.255 e. The Morgan fingerprint density at radius 2 is 1.33 bits per heavy atom. The van der Waals surface area contributed by atoms with Gasteiger partial charge in [0.25, 0.3) is 5.91 Å². The van der Waals surface area contributed by atoms with Gasteiger partial charge in [-0.2, -0.15) is 0 Å². The molecule has 3 nitrogen and oxygen atoms in total. The lowest BCUT2D eigenvalue weighted by molar-refractivity contribution is 0.102. The van der Waals surface area contributed by atoms with Crippen molar-refractivity contribution in [2.75, 3.05) is 10.6 Å². The molecule has 0 aromatic heterocycles. The third-order valence-electron chi connectivity index (χ3n) is 3.39. The third kappa shape index (κ3) is 3.76. The number of nitrogens with one attached hydrogen (secondary N) is 2. The molecule has 0 fully saturated rings. The average molecular weight is 324 g/mol. The molecule has 3 aromatic carbocycles. The highest BCUT2D eigenvalue weighted by molar-refractivity contribution is 6.04. The average Bonchev–Trinajstić information content (AvgIpc) is 2.60. The summed E-state index contributed by atoms with van der Waals surface area (Å²) in [5, 5.41) is 5.87. The molecule has 0 bridgehead atoms. The predicted octanol–water partition coefficient (Wildman–Crippen LogP) is 4.96. The van der Waals surface area contributed by atoms with Crippen molar-refractivity contribution in [1.29, 1.82) is 0 Å². The number of rotatable bonds is 4. The minimum atomic E-state index is -1.05. The van der Waals surface area contributed by atoms with E-state index in [0.717, 1.165) is 23.5 Å². The lowest BCUT2D eigenvalue weighted by atomic mass is 10.2. The predicted molar refractivity (Wildman–Crippen MR) is 90.5 cm³/mol. The summed E-state index contributed by atoms with van der Waals surface area (Å²) in [6, 6.07) is 19.8. The van der Waals surface area contributed by atoms with Crippen molar-refractivity contribution in [1.82, 2.24) is 0 Å². The summed E-state index contributed by atoms with van der Waals surface area (Å²) < 4.78 is 26.1. The van der Waals surface area contributed by atoms with Gasteiger partial charge in [0.15, 0.2) is 11.6 Å². The van der Waals surface area contributed by atoms with E-state index in [1.165, 1.54) is 6.07 Å². The van der Waals surface area contributed by atoms with Crippen LogP contribution >= 0.6 is 0 Å². The summed E-state index contributed by atoms with van der Waals surface area (Å²) in [6.45, 7) is 0. The maximum absolute atomic E-state index is 13.2. The molecule has 0 spiro atoms. The third-order valence-corrected chi connectivity index (χ3v) is 3.39. The number of benzene rings is 3. The van der Waals surface area contributed by atoms with Crippen LogP contribution in [0.3, 0.4) is 0 Å². The first-order valence-corrected chi connectivity index (χ1v) is 7.30. The summed E-state index contributed by atoms with van der Waals surface area (Å²) >= 11 is 0. The van der Waals surface area contributed by atoms with Crippen molar-refractivity contribution in [2.24, 2.45) is 0 Å². The maximum atomic E-state index is 13.2. The molecule has 0 saturated heterocycles. The second-order valence-corrected chi connectivity index (χ2v) is 5.15. The number of carbonyl (C=O) groups excluding carboxylic acids is 1. The summed E-state index contributed by atoms with van der Waals surface area (Å²) in [5.41, 5.74) is 2.44. The van der Waals surface area contributed by atoms with Crippen molar-refractivity contribution < 1.29 is 13.6 Å². The van der Waals surface area contributed by atoms with E-state index in [4.69, 9.17) is 0 Å². The standard InChI is InChI=1S/C19H14F2N2O/c20-17-11-6-13(12-18(17)21)19(24)23-16-9-7-15(8-10-16)22-14-4-2-1-3-5-14/h1-12,22H,(H,23,24). The van der Waals surface area contributed by atoms with Crippen molar-refractivity contribution in [3.63, 3.8) is 0 Å². The van der Waals surface area contributed by atoms with Crippen LogP contribution in [0.2, 0.25) is 0 Å². The molecule has 1 amide bonds. The van der Waals surface area contributed by atoms with Gasteiger partial charge in [0.05, 0.1) is 0 Å². The van der Waals surface area contributed by atoms with Gasteiger partial charge in [-0.1, -0.05) is 18.2 Å². The second-order valence-electron chi connectivity index (χ2n) is 5.15. The summed E-state index contributed by atoms with van der Waals surface area (Å²) in [7, 11) is 0. The first-order chi connectivity index (χ1) is 11.6. The van der Waals surface area contributed by atoms with E-state index in [1.807, 2.05) is 42.5 Å². The zero-order valence-electron chi connectivity index (χ0n) is 12.6. The first kappa shape index (κ1) is 15.7. The van der Waals surface area contributed by atoms with Gasteiger partial charge in [0.2, 0.25) is 0 Å². The van der Waals surface area contributed by atoms with Gasteiger partial charge in [0, 0.05) is 22.6 Å². The van der Waals surface area contributed by atoms with E-state index in [0.29, 0.717) is 5.69 Å². The van der Waals surface area contributed by atoms with E-state index in [-0.39, 0.29) is 5.56 Å². The molecule has 120 valence electrons. The zero-order valence-corrected chi connectivity index (χ0v) is 12.6. The van der Waals surface area contributed by atoms with E-state index in [1.54, 1.807) is 12.1 Å². The van der Waals surface area contributed by atoms with Gasteiger partial charge < -0.3 is 10.6 Å². The number of hydrogen-bond donors (Lipinski definition) is 2. The Balaban J connectivity index is 1.67. The number of amides is 1. The van der Waals surface area contributed by atoms with Crippen LogP contribution < -0.4 is 10.6 Å². The Kier molecular flexibility index (Phi) is 4.52. The highest BCUT2D eigenvalue weighted by Crippen LogP contribution is 2.19. The van der Waals surface area contributed by atoms with Gasteiger partial charge in [0.1, 0.15) is 0 Å². The Bertz CT molecular complexity index is 849. The molecular weight excluding hydrogens is 310 g/mol. The zero-order chi connectivity index (χ0) is 16.9. The Morgan fingerprint density at radius 3 is 2.00 bits per heavy atom. The van der Waals surface area contributed by atoms with E-state index in [9.17, 15) is 13.6 Å².